The van der Waals surface area contributed by atoms with Crippen LogP contribution in [0.5, 0.6) is 0 Å². The van der Waals surface area contributed by atoms with Gasteiger partial charge in [-0.25, -0.2) is 0 Å². The normalized spacial score (nSPS) is 15.3. The monoisotopic (exact) mass is 327 g/mol. The average Bonchev–Trinajstić information content (AvgIpc) is 3.35. The first-order valence-corrected chi connectivity index (χ1v) is 8.57. The zero-order chi connectivity index (χ0) is 16.4. The van der Waals surface area contributed by atoms with Crippen LogP contribution in [-0.2, 0) is 6.42 Å². The van der Waals surface area contributed by atoms with Crippen LogP contribution in [0.15, 0.2) is 48.5 Å². The Bertz CT molecular complexity index is 691. The van der Waals surface area contributed by atoms with Crippen LogP contribution in [0.1, 0.15) is 41.3 Å². The number of carbonyl (C=O) groups is 1. The molecule has 3 rings (SSSR count). The Morgan fingerprint density at radius 1 is 1.17 bits per heavy atom. The molecule has 0 heterocycles. The van der Waals surface area contributed by atoms with Crippen molar-refractivity contribution in [2.24, 2.45) is 0 Å². The molecule has 23 heavy (non-hydrogen) atoms. The lowest BCUT2D eigenvalue weighted by atomic mass is 10.0. The Morgan fingerprint density at radius 3 is 2.43 bits per heavy atom. The Labute approximate surface area is 143 Å². The molecule has 1 aliphatic rings. The topological polar surface area (TPSA) is 20.3 Å². The number of hydrogen-bond donors (Lipinski definition) is 0. The smallest absolute Gasteiger partial charge is 0.254 e. The Morgan fingerprint density at radius 2 is 1.83 bits per heavy atom. The summed E-state index contributed by atoms with van der Waals surface area (Å²) in [5.74, 6) is 0.159. The van der Waals surface area contributed by atoms with Crippen molar-refractivity contribution in [1.82, 2.24) is 4.90 Å². The molecule has 1 amide bonds. The number of halogens is 1. The second kappa shape index (κ2) is 6.76. The Hall–Kier alpha value is -1.80. The van der Waals surface area contributed by atoms with Gasteiger partial charge in [0.25, 0.3) is 5.91 Å². The summed E-state index contributed by atoms with van der Waals surface area (Å²) in [7, 11) is 0. The van der Waals surface area contributed by atoms with Gasteiger partial charge in [0.1, 0.15) is 0 Å². The summed E-state index contributed by atoms with van der Waals surface area (Å²) < 4.78 is 0. The van der Waals surface area contributed by atoms with Crippen molar-refractivity contribution in [3.8, 4) is 0 Å². The van der Waals surface area contributed by atoms with Crippen LogP contribution in [0.4, 0.5) is 0 Å². The van der Waals surface area contributed by atoms with Crippen molar-refractivity contribution < 1.29 is 4.79 Å². The van der Waals surface area contributed by atoms with Crippen molar-refractivity contribution in [3.05, 3.63) is 70.2 Å². The third kappa shape index (κ3) is 3.76. The van der Waals surface area contributed by atoms with Gasteiger partial charge in [0.2, 0.25) is 0 Å². The van der Waals surface area contributed by atoms with E-state index in [1.165, 1.54) is 5.56 Å². The number of amides is 1. The molecule has 0 saturated heterocycles. The largest absolute Gasteiger partial charge is 0.333 e. The minimum absolute atomic E-state index is 0.159. The highest BCUT2D eigenvalue weighted by Crippen LogP contribution is 2.31. The lowest BCUT2D eigenvalue weighted by Crippen LogP contribution is -2.41. The second-order valence-electron chi connectivity index (χ2n) is 6.44. The van der Waals surface area contributed by atoms with Gasteiger partial charge in [0.05, 0.1) is 0 Å². The number of nitrogens with zero attached hydrogens (tertiary/aromatic N) is 1. The van der Waals surface area contributed by atoms with Crippen LogP contribution in [0.25, 0.3) is 0 Å². The van der Waals surface area contributed by atoms with Gasteiger partial charge in [-0.2, -0.15) is 0 Å². The van der Waals surface area contributed by atoms with Crippen LogP contribution in [0.2, 0.25) is 5.02 Å². The molecule has 1 unspecified atom stereocenters. The maximum absolute atomic E-state index is 13.0. The molecule has 0 spiro atoms. The summed E-state index contributed by atoms with van der Waals surface area (Å²) in [6.07, 6.45) is 3.08. The van der Waals surface area contributed by atoms with Gasteiger partial charge >= 0.3 is 0 Å². The van der Waals surface area contributed by atoms with Crippen molar-refractivity contribution >= 4 is 17.5 Å². The molecule has 0 N–H and O–H groups in total. The average molecular weight is 328 g/mol. The molecule has 3 heteroatoms. The van der Waals surface area contributed by atoms with E-state index in [1.54, 1.807) is 0 Å². The third-order valence-electron chi connectivity index (χ3n) is 4.47. The molecule has 1 atom stereocenters. The molecule has 1 fully saturated rings. The molecule has 2 aromatic carbocycles. The van der Waals surface area contributed by atoms with Crippen LogP contribution in [-0.4, -0.2) is 22.9 Å². The second-order valence-corrected chi connectivity index (χ2v) is 6.87. The van der Waals surface area contributed by atoms with E-state index in [9.17, 15) is 4.79 Å². The Balaban J connectivity index is 1.79. The number of hydrogen-bond acceptors (Lipinski definition) is 1. The first-order valence-electron chi connectivity index (χ1n) is 8.19. The minimum Gasteiger partial charge on any atom is -0.333 e. The van der Waals surface area contributed by atoms with E-state index < -0.39 is 0 Å². The molecule has 2 nitrogen and oxygen atoms in total. The summed E-state index contributed by atoms with van der Waals surface area (Å²) in [5.41, 5.74) is 3.08. The molecule has 2 aromatic rings. The lowest BCUT2D eigenvalue weighted by molar-refractivity contribution is 0.0674. The lowest BCUT2D eigenvalue weighted by Gasteiger charge is -2.30. The molecule has 1 saturated carbocycles. The fourth-order valence-corrected chi connectivity index (χ4v) is 3.22. The van der Waals surface area contributed by atoms with E-state index in [-0.39, 0.29) is 11.9 Å². The Kier molecular flexibility index (Phi) is 4.72. The van der Waals surface area contributed by atoms with Gasteiger partial charge in [0, 0.05) is 22.7 Å². The fourth-order valence-electron chi connectivity index (χ4n) is 3.09. The molecule has 0 radical (unpaired) electrons. The van der Waals surface area contributed by atoms with E-state index in [0.29, 0.717) is 6.04 Å². The number of rotatable bonds is 5. The predicted octanol–water partition coefficient (Wildman–Crippen LogP) is 4.88. The summed E-state index contributed by atoms with van der Waals surface area (Å²) in [4.78, 5) is 15.1. The quantitative estimate of drug-likeness (QED) is 0.766. The summed E-state index contributed by atoms with van der Waals surface area (Å²) >= 11 is 5.95. The molecule has 0 aromatic heterocycles. The minimum atomic E-state index is 0.159. The highest BCUT2D eigenvalue weighted by atomic mass is 35.5. The summed E-state index contributed by atoms with van der Waals surface area (Å²) in [6, 6.07) is 16.3. The van der Waals surface area contributed by atoms with E-state index in [4.69, 9.17) is 11.6 Å². The van der Waals surface area contributed by atoms with Crippen LogP contribution in [0.3, 0.4) is 0 Å². The van der Waals surface area contributed by atoms with Gasteiger partial charge in [-0.1, -0.05) is 41.9 Å². The van der Waals surface area contributed by atoms with E-state index in [0.717, 1.165) is 35.4 Å². The highest BCUT2D eigenvalue weighted by molar-refractivity contribution is 6.30. The SMILES string of the molecule is Cc1ccccc1C(=O)N(C(C)Cc1ccc(Cl)cc1)C1CC1. The molecule has 0 bridgehead atoms. The molecule has 120 valence electrons. The molecular weight excluding hydrogens is 306 g/mol. The van der Waals surface area contributed by atoms with E-state index in [2.05, 4.69) is 11.8 Å². The maximum Gasteiger partial charge on any atom is 0.254 e. The van der Waals surface area contributed by atoms with E-state index >= 15 is 0 Å². The summed E-state index contributed by atoms with van der Waals surface area (Å²) in [6.45, 7) is 4.14. The first kappa shape index (κ1) is 16.1. The predicted molar refractivity (Wildman–Crippen MR) is 95.0 cm³/mol. The number of carbonyl (C=O) groups excluding carboxylic acids is 1. The van der Waals surface area contributed by atoms with Gasteiger partial charge in [-0.05, 0) is 62.4 Å². The van der Waals surface area contributed by atoms with E-state index in [1.807, 2.05) is 55.5 Å². The fraction of sp³-hybridized carbons (Fsp3) is 0.350. The van der Waals surface area contributed by atoms with Gasteiger partial charge in [-0.15, -0.1) is 0 Å². The maximum atomic E-state index is 13.0. The van der Waals surface area contributed by atoms with Gasteiger partial charge in [-0.3, -0.25) is 4.79 Å². The zero-order valence-electron chi connectivity index (χ0n) is 13.6. The number of benzene rings is 2. The molecule has 1 aliphatic carbocycles. The standard InChI is InChI=1S/C20H22ClNO/c1-14-5-3-4-6-19(14)20(23)22(18-11-12-18)15(2)13-16-7-9-17(21)10-8-16/h3-10,15,18H,11-13H2,1-2H3. The highest BCUT2D eigenvalue weighted by Gasteiger charge is 2.36. The van der Waals surface area contributed by atoms with Crippen LogP contribution >= 0.6 is 11.6 Å². The van der Waals surface area contributed by atoms with Crippen molar-refractivity contribution in [1.29, 1.82) is 0 Å². The van der Waals surface area contributed by atoms with Crippen molar-refractivity contribution in [2.45, 2.75) is 45.2 Å². The van der Waals surface area contributed by atoms with Crippen LogP contribution < -0.4 is 0 Å². The van der Waals surface area contributed by atoms with Crippen molar-refractivity contribution in [3.63, 3.8) is 0 Å². The number of aryl methyl sites for hydroxylation is 1. The first-order chi connectivity index (χ1) is 11.1. The molecular formula is C20H22ClNO. The van der Waals surface area contributed by atoms with Crippen LogP contribution in [0, 0.1) is 6.92 Å². The zero-order valence-corrected chi connectivity index (χ0v) is 14.4. The molecule has 0 aliphatic heterocycles. The third-order valence-corrected chi connectivity index (χ3v) is 4.72. The summed E-state index contributed by atoms with van der Waals surface area (Å²) in [5, 5.41) is 0.747. The van der Waals surface area contributed by atoms with Gasteiger partial charge in [0.15, 0.2) is 0 Å². The van der Waals surface area contributed by atoms with Crippen molar-refractivity contribution in [2.75, 3.05) is 0 Å². The van der Waals surface area contributed by atoms with Gasteiger partial charge < -0.3 is 4.90 Å².